The maximum absolute atomic E-state index is 13.0. The molecule has 4 rings (SSSR count). The van der Waals surface area contributed by atoms with E-state index in [1.807, 2.05) is 43.3 Å². The van der Waals surface area contributed by atoms with Gasteiger partial charge in [-0.2, -0.15) is 0 Å². The molecule has 0 spiro atoms. The maximum Gasteiger partial charge on any atom is 0.327 e. The lowest BCUT2D eigenvalue weighted by molar-refractivity contribution is -0.144. The van der Waals surface area contributed by atoms with Gasteiger partial charge in [-0.15, -0.1) is 5.10 Å². The number of esters is 1. The Balaban J connectivity index is 1.67. The van der Waals surface area contributed by atoms with E-state index in [-0.39, 0.29) is 18.1 Å². The van der Waals surface area contributed by atoms with Crippen molar-refractivity contribution in [2.45, 2.75) is 52.7 Å². The van der Waals surface area contributed by atoms with Gasteiger partial charge in [0.15, 0.2) is 5.82 Å². The molecular weight excluding hydrogens is 456 g/mol. The molecule has 0 fully saturated rings. The summed E-state index contributed by atoms with van der Waals surface area (Å²) in [6.07, 6.45) is 1.49. The summed E-state index contributed by atoms with van der Waals surface area (Å²) in [7, 11) is 0. The number of H-pyrrole nitrogens is 1. The van der Waals surface area contributed by atoms with Gasteiger partial charge >= 0.3 is 5.97 Å². The van der Waals surface area contributed by atoms with Crippen LogP contribution < -0.4 is 5.56 Å². The van der Waals surface area contributed by atoms with E-state index in [9.17, 15) is 9.59 Å². The molecule has 1 N–H and O–H groups in total. The highest BCUT2D eigenvalue weighted by Gasteiger charge is 2.26. The van der Waals surface area contributed by atoms with Crippen LogP contribution in [0.15, 0.2) is 59.4 Å². The first-order valence-electron chi connectivity index (χ1n) is 12.3. The molecule has 0 saturated carbocycles. The lowest BCUT2D eigenvalue weighted by atomic mass is 10.1. The quantitative estimate of drug-likeness (QED) is 0.322. The summed E-state index contributed by atoms with van der Waals surface area (Å²) < 4.78 is 6.59. The highest BCUT2D eigenvalue weighted by Crippen LogP contribution is 2.25. The molecule has 0 saturated heterocycles. The highest BCUT2D eigenvalue weighted by atomic mass is 16.5. The number of aryl methyl sites for hydroxylation is 1. The minimum Gasteiger partial charge on any atom is -0.465 e. The molecule has 36 heavy (non-hydrogen) atoms. The number of ether oxygens (including phenoxy) is 1. The summed E-state index contributed by atoms with van der Waals surface area (Å²) in [6, 6.07) is 18.0. The van der Waals surface area contributed by atoms with E-state index in [0.29, 0.717) is 37.5 Å². The number of aromatic amines is 1. The third-order valence-corrected chi connectivity index (χ3v) is 6.25. The minimum atomic E-state index is -0.391. The molecule has 9 heteroatoms. The van der Waals surface area contributed by atoms with Crippen LogP contribution in [0.2, 0.25) is 0 Å². The van der Waals surface area contributed by atoms with Crippen LogP contribution in [0.3, 0.4) is 0 Å². The van der Waals surface area contributed by atoms with Crippen molar-refractivity contribution in [1.29, 1.82) is 0 Å². The van der Waals surface area contributed by atoms with Gasteiger partial charge in [0.2, 0.25) is 0 Å². The maximum atomic E-state index is 13.0. The summed E-state index contributed by atoms with van der Waals surface area (Å²) in [5, 5.41) is 13.1. The SMILES string of the molecule is CCOC(=O)Cn1nnnc1[C@H](CC)N(CCc1ccccc1)Cc1cc2cc(C)ccc2[nH]c1=O. The zero-order valence-corrected chi connectivity index (χ0v) is 21.0. The van der Waals surface area contributed by atoms with Crippen molar-refractivity contribution in [1.82, 2.24) is 30.1 Å². The number of nitrogens with one attached hydrogen (secondary N) is 1. The molecule has 2 aromatic heterocycles. The van der Waals surface area contributed by atoms with Crippen LogP contribution in [-0.2, 0) is 29.0 Å². The average molecular weight is 489 g/mol. The van der Waals surface area contributed by atoms with Gasteiger partial charge in [0.05, 0.1) is 12.6 Å². The predicted molar refractivity (Wildman–Crippen MR) is 137 cm³/mol. The lowest BCUT2D eigenvalue weighted by Crippen LogP contribution is -2.34. The Morgan fingerprint density at radius 2 is 1.94 bits per heavy atom. The van der Waals surface area contributed by atoms with Crippen molar-refractivity contribution in [3.05, 3.63) is 87.5 Å². The van der Waals surface area contributed by atoms with E-state index in [1.165, 1.54) is 10.2 Å². The lowest BCUT2D eigenvalue weighted by Gasteiger charge is -2.30. The van der Waals surface area contributed by atoms with E-state index in [4.69, 9.17) is 4.74 Å². The first-order valence-corrected chi connectivity index (χ1v) is 12.3. The molecule has 188 valence electrons. The first-order chi connectivity index (χ1) is 17.5. The second kappa shape index (κ2) is 11.7. The van der Waals surface area contributed by atoms with Gasteiger partial charge in [-0.25, -0.2) is 4.68 Å². The van der Waals surface area contributed by atoms with Crippen LogP contribution in [0, 0.1) is 6.92 Å². The average Bonchev–Trinajstić information content (AvgIpc) is 3.31. The monoisotopic (exact) mass is 488 g/mol. The molecule has 0 aliphatic carbocycles. The van der Waals surface area contributed by atoms with Gasteiger partial charge in [-0.05, 0) is 66.3 Å². The Morgan fingerprint density at radius 1 is 1.14 bits per heavy atom. The van der Waals surface area contributed by atoms with Crippen LogP contribution in [0.25, 0.3) is 10.9 Å². The minimum absolute atomic E-state index is 0.0605. The number of carbonyl (C=O) groups is 1. The Hall–Kier alpha value is -3.85. The fourth-order valence-electron chi connectivity index (χ4n) is 4.47. The molecule has 9 nitrogen and oxygen atoms in total. The van der Waals surface area contributed by atoms with E-state index < -0.39 is 5.97 Å². The van der Waals surface area contributed by atoms with Crippen LogP contribution >= 0.6 is 0 Å². The van der Waals surface area contributed by atoms with Gasteiger partial charge in [-0.3, -0.25) is 14.5 Å². The number of rotatable bonds is 11. The van der Waals surface area contributed by atoms with Crippen LogP contribution in [-0.4, -0.2) is 49.2 Å². The highest BCUT2D eigenvalue weighted by molar-refractivity contribution is 5.79. The summed E-state index contributed by atoms with van der Waals surface area (Å²) >= 11 is 0. The number of pyridine rings is 1. The molecule has 0 aliphatic heterocycles. The zero-order chi connectivity index (χ0) is 25.5. The van der Waals surface area contributed by atoms with Gasteiger partial charge in [0, 0.05) is 24.2 Å². The van der Waals surface area contributed by atoms with Crippen molar-refractivity contribution < 1.29 is 9.53 Å². The van der Waals surface area contributed by atoms with Crippen molar-refractivity contribution in [3.63, 3.8) is 0 Å². The number of carbonyl (C=O) groups excluding carboxylic acids is 1. The van der Waals surface area contributed by atoms with Crippen molar-refractivity contribution in [2.24, 2.45) is 0 Å². The molecule has 0 aliphatic rings. The third-order valence-electron chi connectivity index (χ3n) is 6.25. The standard InChI is InChI=1S/C27H32N6O3/c1-4-24(26-29-30-31-33(26)18-25(34)36-5-2)32(14-13-20-9-7-6-8-10-20)17-22-16-21-15-19(3)11-12-23(21)28-27(22)35/h6-12,15-16,24H,4-5,13-14,17-18H2,1-3H3,(H,28,35)/t24-/m0/s1. The third kappa shape index (κ3) is 6.04. The number of benzene rings is 2. The zero-order valence-electron chi connectivity index (χ0n) is 21.0. The number of nitrogens with zero attached hydrogens (tertiary/aromatic N) is 5. The second-order valence-electron chi connectivity index (χ2n) is 8.84. The van der Waals surface area contributed by atoms with Crippen molar-refractivity contribution >= 4 is 16.9 Å². The topological polar surface area (TPSA) is 106 Å². The Kier molecular flexibility index (Phi) is 8.22. The summed E-state index contributed by atoms with van der Waals surface area (Å²) in [5.74, 6) is 0.185. The number of hydrogen-bond acceptors (Lipinski definition) is 7. The van der Waals surface area contributed by atoms with E-state index in [0.717, 1.165) is 22.9 Å². The Labute approximate surface area is 210 Å². The largest absolute Gasteiger partial charge is 0.465 e. The molecule has 2 heterocycles. The summed E-state index contributed by atoms with van der Waals surface area (Å²) in [6.45, 7) is 7.18. The number of tetrazole rings is 1. The van der Waals surface area contributed by atoms with Crippen LogP contribution in [0.4, 0.5) is 0 Å². The van der Waals surface area contributed by atoms with Gasteiger partial charge in [0.25, 0.3) is 5.56 Å². The number of aromatic nitrogens is 5. The van der Waals surface area contributed by atoms with Crippen LogP contribution in [0.1, 0.15) is 48.8 Å². The van der Waals surface area contributed by atoms with Gasteiger partial charge in [-0.1, -0.05) is 48.9 Å². The molecule has 0 amide bonds. The summed E-state index contributed by atoms with van der Waals surface area (Å²) in [5.41, 5.74) is 3.70. The van der Waals surface area contributed by atoms with E-state index >= 15 is 0 Å². The molecular formula is C27H32N6O3. The molecule has 0 unspecified atom stereocenters. The molecule has 0 radical (unpaired) electrons. The first kappa shape index (κ1) is 25.2. The van der Waals surface area contributed by atoms with Gasteiger partial charge in [0.1, 0.15) is 6.54 Å². The van der Waals surface area contributed by atoms with Crippen molar-refractivity contribution in [2.75, 3.05) is 13.2 Å². The fourth-order valence-corrected chi connectivity index (χ4v) is 4.47. The van der Waals surface area contributed by atoms with Gasteiger partial charge < -0.3 is 9.72 Å². The van der Waals surface area contributed by atoms with Crippen LogP contribution in [0.5, 0.6) is 0 Å². The predicted octanol–water partition coefficient (Wildman–Crippen LogP) is 3.58. The number of hydrogen-bond donors (Lipinski definition) is 1. The van der Waals surface area contributed by atoms with Crippen molar-refractivity contribution in [3.8, 4) is 0 Å². The smallest absolute Gasteiger partial charge is 0.327 e. The Morgan fingerprint density at radius 3 is 2.69 bits per heavy atom. The van der Waals surface area contributed by atoms with E-state index in [2.05, 4.69) is 50.5 Å². The molecule has 2 aromatic carbocycles. The van der Waals surface area contributed by atoms with E-state index in [1.54, 1.807) is 6.92 Å². The number of fused-ring (bicyclic) bond motifs is 1. The normalized spacial score (nSPS) is 12.2. The molecule has 1 atom stereocenters. The molecule has 4 aromatic rings. The molecule has 0 bridgehead atoms. The fraction of sp³-hybridized carbons (Fsp3) is 0.370. The second-order valence-corrected chi connectivity index (χ2v) is 8.84. The summed E-state index contributed by atoms with van der Waals surface area (Å²) in [4.78, 5) is 30.4. The Bertz CT molecular complexity index is 1360.